The number of benzene rings is 2. The number of halogens is 1. The molecule has 6 nitrogen and oxygen atoms in total. The maximum Gasteiger partial charge on any atom is 0.253 e. The van der Waals surface area contributed by atoms with Crippen molar-refractivity contribution < 1.29 is 13.9 Å². The van der Waals surface area contributed by atoms with Gasteiger partial charge in [-0.05, 0) is 48.5 Å². The smallest absolute Gasteiger partial charge is 0.253 e. The summed E-state index contributed by atoms with van der Waals surface area (Å²) in [7, 11) is 1.56. The summed E-state index contributed by atoms with van der Waals surface area (Å²) in [5.74, 6) is 0.0895. The molecule has 0 aliphatic heterocycles. The molecule has 3 aromatic rings. The topological polar surface area (TPSA) is 73.2 Å². The van der Waals surface area contributed by atoms with Crippen LogP contribution in [0.15, 0.2) is 65.7 Å². The molecule has 0 atom stereocenters. The number of rotatable bonds is 6. The van der Waals surface area contributed by atoms with Gasteiger partial charge in [0.25, 0.3) is 11.5 Å². The molecule has 0 aliphatic carbocycles. The number of methoxy groups -OCH3 is 1. The molecule has 0 bridgehead atoms. The summed E-state index contributed by atoms with van der Waals surface area (Å²) in [6.07, 6.45) is 1.42. The second-order valence-corrected chi connectivity index (χ2v) is 5.80. The Balaban J connectivity index is 1.60. The van der Waals surface area contributed by atoms with E-state index in [9.17, 15) is 14.0 Å². The number of nitrogens with zero attached hydrogens (tertiary/aromatic N) is 2. The second-order valence-electron chi connectivity index (χ2n) is 5.80. The van der Waals surface area contributed by atoms with E-state index in [1.807, 2.05) is 0 Å². The van der Waals surface area contributed by atoms with E-state index in [1.54, 1.807) is 43.5 Å². The third kappa shape index (κ3) is 4.58. The average Bonchev–Trinajstić information content (AvgIpc) is 2.69. The monoisotopic (exact) mass is 367 g/mol. The molecule has 1 heterocycles. The van der Waals surface area contributed by atoms with Crippen molar-refractivity contribution in [3.05, 3.63) is 82.7 Å². The van der Waals surface area contributed by atoms with E-state index in [1.165, 1.54) is 29.1 Å². The fraction of sp³-hybridized carbons (Fsp3) is 0.150. The highest BCUT2D eigenvalue weighted by Crippen LogP contribution is 2.15. The van der Waals surface area contributed by atoms with Gasteiger partial charge in [-0.15, -0.1) is 0 Å². The molecule has 0 radical (unpaired) electrons. The van der Waals surface area contributed by atoms with Gasteiger partial charge >= 0.3 is 0 Å². The van der Waals surface area contributed by atoms with E-state index in [4.69, 9.17) is 4.74 Å². The van der Waals surface area contributed by atoms with Crippen molar-refractivity contribution in [1.82, 2.24) is 14.9 Å². The van der Waals surface area contributed by atoms with Crippen molar-refractivity contribution >= 4 is 5.91 Å². The van der Waals surface area contributed by atoms with Crippen LogP contribution in [0.2, 0.25) is 0 Å². The highest BCUT2D eigenvalue weighted by atomic mass is 19.1. The molecular weight excluding hydrogens is 349 g/mol. The van der Waals surface area contributed by atoms with Crippen molar-refractivity contribution in [3.63, 3.8) is 0 Å². The van der Waals surface area contributed by atoms with Gasteiger partial charge in [-0.2, -0.15) is 0 Å². The Morgan fingerprint density at radius 2 is 1.85 bits per heavy atom. The molecule has 0 aliphatic rings. The summed E-state index contributed by atoms with van der Waals surface area (Å²) in [6.45, 7) is 0.569. The molecule has 0 spiro atoms. The summed E-state index contributed by atoms with van der Waals surface area (Å²) in [4.78, 5) is 28.5. The van der Waals surface area contributed by atoms with E-state index in [0.29, 0.717) is 22.6 Å². The lowest BCUT2D eigenvalue weighted by Crippen LogP contribution is -2.30. The first-order valence-electron chi connectivity index (χ1n) is 8.31. The predicted octanol–water partition coefficient (Wildman–Crippen LogP) is 2.49. The number of nitrogens with one attached hydrogen (secondary N) is 1. The van der Waals surface area contributed by atoms with Crippen LogP contribution in [0.25, 0.3) is 11.3 Å². The number of hydrogen-bond donors (Lipinski definition) is 1. The minimum atomic E-state index is -0.348. The molecule has 0 saturated heterocycles. The lowest BCUT2D eigenvalue weighted by atomic mass is 10.1. The quantitative estimate of drug-likeness (QED) is 0.727. The van der Waals surface area contributed by atoms with Crippen LogP contribution in [0.3, 0.4) is 0 Å². The standard InChI is InChI=1S/C20H18FN3O3/c1-27-17-8-4-15(5-9-17)20(26)22-10-11-24-13-23-18(12-19(24)25)14-2-6-16(21)7-3-14/h2-9,12-13H,10-11H2,1H3,(H,22,26). The number of amides is 1. The molecule has 0 saturated carbocycles. The maximum atomic E-state index is 13.0. The Morgan fingerprint density at radius 3 is 2.48 bits per heavy atom. The maximum absolute atomic E-state index is 13.0. The molecule has 1 aromatic heterocycles. The molecule has 1 N–H and O–H groups in total. The van der Waals surface area contributed by atoms with Crippen LogP contribution in [0.5, 0.6) is 5.75 Å². The summed E-state index contributed by atoms with van der Waals surface area (Å²) >= 11 is 0. The minimum Gasteiger partial charge on any atom is -0.497 e. The number of carbonyl (C=O) groups is 1. The van der Waals surface area contributed by atoms with Gasteiger partial charge in [0, 0.05) is 30.3 Å². The van der Waals surface area contributed by atoms with Crippen molar-refractivity contribution in [2.24, 2.45) is 0 Å². The molecule has 0 unspecified atom stereocenters. The van der Waals surface area contributed by atoms with Crippen LogP contribution < -0.4 is 15.6 Å². The van der Waals surface area contributed by atoms with E-state index in [2.05, 4.69) is 10.3 Å². The average molecular weight is 367 g/mol. The lowest BCUT2D eigenvalue weighted by Gasteiger charge is -2.09. The number of hydrogen-bond acceptors (Lipinski definition) is 4. The molecule has 27 heavy (non-hydrogen) atoms. The Kier molecular flexibility index (Phi) is 5.61. The molecule has 2 aromatic carbocycles. The lowest BCUT2D eigenvalue weighted by molar-refractivity contribution is 0.0952. The van der Waals surface area contributed by atoms with Crippen molar-refractivity contribution in [2.75, 3.05) is 13.7 Å². The van der Waals surface area contributed by atoms with E-state index < -0.39 is 0 Å². The predicted molar refractivity (Wildman–Crippen MR) is 99.2 cm³/mol. The van der Waals surface area contributed by atoms with E-state index in [0.717, 1.165) is 0 Å². The highest BCUT2D eigenvalue weighted by molar-refractivity contribution is 5.94. The molecular formula is C20H18FN3O3. The van der Waals surface area contributed by atoms with Gasteiger partial charge in [0.2, 0.25) is 0 Å². The summed E-state index contributed by atoms with van der Waals surface area (Å²) in [5, 5.41) is 2.76. The zero-order chi connectivity index (χ0) is 19.2. The van der Waals surface area contributed by atoms with Crippen LogP contribution in [0.1, 0.15) is 10.4 Å². The van der Waals surface area contributed by atoms with Gasteiger partial charge in [-0.1, -0.05) is 0 Å². The highest BCUT2D eigenvalue weighted by Gasteiger charge is 2.07. The minimum absolute atomic E-state index is 0.235. The Bertz CT molecular complexity index is 983. The van der Waals surface area contributed by atoms with Gasteiger partial charge in [0.15, 0.2) is 0 Å². The van der Waals surface area contributed by atoms with Crippen LogP contribution in [-0.2, 0) is 6.54 Å². The van der Waals surface area contributed by atoms with Crippen LogP contribution in [0.4, 0.5) is 4.39 Å². The SMILES string of the molecule is COc1ccc(C(=O)NCCn2cnc(-c3ccc(F)cc3)cc2=O)cc1. The van der Waals surface area contributed by atoms with Gasteiger partial charge in [-0.3, -0.25) is 14.2 Å². The normalized spacial score (nSPS) is 10.4. The molecule has 1 amide bonds. The van der Waals surface area contributed by atoms with Gasteiger partial charge in [-0.25, -0.2) is 9.37 Å². The number of ether oxygens (including phenoxy) is 1. The molecule has 0 fully saturated rings. The summed E-state index contributed by atoms with van der Waals surface area (Å²) in [5.41, 5.74) is 1.39. The molecule has 3 rings (SSSR count). The second kappa shape index (κ2) is 8.27. The Labute approximate surface area is 155 Å². The fourth-order valence-electron chi connectivity index (χ4n) is 2.51. The largest absolute Gasteiger partial charge is 0.497 e. The molecule has 7 heteroatoms. The Hall–Kier alpha value is -3.48. The summed E-state index contributed by atoms with van der Waals surface area (Å²) in [6, 6.07) is 13.9. The van der Waals surface area contributed by atoms with Crippen LogP contribution in [-0.4, -0.2) is 29.1 Å². The van der Waals surface area contributed by atoms with Gasteiger partial charge < -0.3 is 10.1 Å². The van der Waals surface area contributed by atoms with Crippen molar-refractivity contribution in [2.45, 2.75) is 6.54 Å². The van der Waals surface area contributed by atoms with E-state index in [-0.39, 0.29) is 30.4 Å². The zero-order valence-electron chi connectivity index (χ0n) is 14.7. The fourth-order valence-corrected chi connectivity index (χ4v) is 2.51. The van der Waals surface area contributed by atoms with Crippen molar-refractivity contribution in [1.29, 1.82) is 0 Å². The first-order chi connectivity index (χ1) is 13.1. The van der Waals surface area contributed by atoms with E-state index >= 15 is 0 Å². The number of aromatic nitrogens is 2. The van der Waals surface area contributed by atoms with Gasteiger partial charge in [0.05, 0.1) is 19.1 Å². The third-order valence-corrected chi connectivity index (χ3v) is 4.01. The summed E-state index contributed by atoms with van der Waals surface area (Å²) < 4.78 is 19.4. The van der Waals surface area contributed by atoms with Crippen molar-refractivity contribution in [3.8, 4) is 17.0 Å². The Morgan fingerprint density at radius 1 is 1.15 bits per heavy atom. The molecule has 138 valence electrons. The number of carbonyl (C=O) groups excluding carboxylic acids is 1. The first kappa shape index (κ1) is 18.3. The van der Waals surface area contributed by atoms with Crippen LogP contribution in [0, 0.1) is 5.82 Å². The van der Waals surface area contributed by atoms with Crippen LogP contribution >= 0.6 is 0 Å². The zero-order valence-corrected chi connectivity index (χ0v) is 14.7. The van der Waals surface area contributed by atoms with Gasteiger partial charge in [0.1, 0.15) is 11.6 Å². The third-order valence-electron chi connectivity index (χ3n) is 4.01. The first-order valence-corrected chi connectivity index (χ1v) is 8.31.